The van der Waals surface area contributed by atoms with Gasteiger partial charge in [-0.15, -0.1) is 5.10 Å². The Kier molecular flexibility index (Phi) is 2.07. The van der Waals surface area contributed by atoms with Crippen LogP contribution in [0, 0.1) is 0 Å². The van der Waals surface area contributed by atoms with Gasteiger partial charge in [-0.3, -0.25) is 4.79 Å². The molecule has 1 N–H and O–H groups in total. The Morgan fingerprint density at radius 1 is 1.70 bits per heavy atom. The van der Waals surface area contributed by atoms with Gasteiger partial charge < -0.3 is 5.11 Å². The van der Waals surface area contributed by atoms with Crippen LogP contribution in [-0.2, 0) is 0 Å². The Hall–Kier alpha value is -1.29. The highest BCUT2D eigenvalue weighted by Gasteiger charge is 2.02. The summed E-state index contributed by atoms with van der Waals surface area (Å²) in [7, 11) is 0. The number of hydrogen-bond donors (Lipinski definition) is 1. The fourth-order valence-corrected chi connectivity index (χ4v) is 0.531. The number of Topliss-reactive ketones (excluding diaryl/α,β-unsaturated/α-hetero) is 1. The van der Waals surface area contributed by atoms with E-state index >= 15 is 0 Å². The summed E-state index contributed by atoms with van der Waals surface area (Å²) in [5.41, 5.74) is 0.199. The maximum absolute atomic E-state index is 10.7. The number of carbonyl (C=O) groups is 1. The van der Waals surface area contributed by atoms with Gasteiger partial charge in [0.1, 0.15) is 12.3 Å². The molecule has 0 aliphatic carbocycles. The molecule has 0 aliphatic rings. The fraction of sp³-hybridized carbons (Fsp3) is 0.167. The van der Waals surface area contributed by atoms with E-state index in [0.29, 0.717) is 0 Å². The van der Waals surface area contributed by atoms with Gasteiger partial charge in [-0.1, -0.05) is 0 Å². The second-order valence-corrected chi connectivity index (χ2v) is 1.69. The van der Waals surface area contributed by atoms with Crippen LogP contribution in [0.3, 0.4) is 0 Å². The van der Waals surface area contributed by atoms with Crippen molar-refractivity contribution in [1.29, 1.82) is 0 Å². The molecule has 0 fully saturated rings. The van der Waals surface area contributed by atoms with Crippen LogP contribution in [0.1, 0.15) is 10.5 Å². The van der Waals surface area contributed by atoms with E-state index in [4.69, 9.17) is 5.11 Å². The van der Waals surface area contributed by atoms with Crippen LogP contribution in [0.15, 0.2) is 18.3 Å². The van der Waals surface area contributed by atoms with Crippen LogP contribution < -0.4 is 0 Å². The van der Waals surface area contributed by atoms with Crippen molar-refractivity contribution in [3.8, 4) is 0 Å². The first-order valence-electron chi connectivity index (χ1n) is 2.76. The Morgan fingerprint density at radius 3 is 3.00 bits per heavy atom. The highest BCUT2D eigenvalue weighted by atomic mass is 16.3. The van der Waals surface area contributed by atoms with Gasteiger partial charge in [0, 0.05) is 6.20 Å². The van der Waals surface area contributed by atoms with Gasteiger partial charge in [-0.2, -0.15) is 5.10 Å². The molecular formula is C6H6N2O2. The standard InChI is InChI=1S/C6H6N2O2/c9-4-6(10)5-2-1-3-7-8-5/h1-3,9H,4H2. The van der Waals surface area contributed by atoms with Gasteiger partial charge in [0.2, 0.25) is 5.78 Å². The highest BCUT2D eigenvalue weighted by Crippen LogP contribution is 1.90. The molecule has 0 spiro atoms. The monoisotopic (exact) mass is 138 g/mol. The SMILES string of the molecule is O=C(CO)c1cccnn1. The van der Waals surface area contributed by atoms with Gasteiger partial charge in [0.25, 0.3) is 0 Å². The molecule has 0 saturated heterocycles. The summed E-state index contributed by atoms with van der Waals surface area (Å²) in [5.74, 6) is -0.409. The largest absolute Gasteiger partial charge is 0.388 e. The molecule has 0 atom stereocenters. The third-order valence-electron chi connectivity index (χ3n) is 1.00. The van der Waals surface area contributed by atoms with E-state index < -0.39 is 12.4 Å². The second kappa shape index (κ2) is 3.03. The van der Waals surface area contributed by atoms with E-state index in [9.17, 15) is 4.79 Å². The first-order chi connectivity index (χ1) is 4.84. The molecule has 0 radical (unpaired) electrons. The molecule has 0 bridgehead atoms. The molecule has 1 aromatic heterocycles. The summed E-state index contributed by atoms with van der Waals surface area (Å²) in [5, 5.41) is 15.3. The lowest BCUT2D eigenvalue weighted by Gasteiger charge is -1.90. The summed E-state index contributed by atoms with van der Waals surface area (Å²) in [6, 6.07) is 3.10. The molecule has 10 heavy (non-hydrogen) atoms. The minimum atomic E-state index is -0.515. The Labute approximate surface area is 57.5 Å². The first kappa shape index (κ1) is 6.82. The van der Waals surface area contributed by atoms with Crippen LogP contribution >= 0.6 is 0 Å². The van der Waals surface area contributed by atoms with Gasteiger partial charge in [-0.25, -0.2) is 0 Å². The number of aliphatic hydroxyl groups excluding tert-OH is 1. The maximum Gasteiger partial charge on any atom is 0.208 e. The zero-order valence-electron chi connectivity index (χ0n) is 5.19. The lowest BCUT2D eigenvalue weighted by atomic mass is 10.3. The molecule has 1 rings (SSSR count). The summed E-state index contributed by atoms with van der Waals surface area (Å²) >= 11 is 0. The van der Waals surface area contributed by atoms with E-state index in [1.54, 1.807) is 6.07 Å². The minimum Gasteiger partial charge on any atom is -0.388 e. The number of hydrogen-bond acceptors (Lipinski definition) is 4. The highest BCUT2D eigenvalue weighted by molar-refractivity contribution is 5.94. The van der Waals surface area contributed by atoms with Crippen LogP contribution in [0.2, 0.25) is 0 Å². The van der Waals surface area contributed by atoms with Crippen molar-refractivity contribution in [1.82, 2.24) is 10.2 Å². The van der Waals surface area contributed by atoms with E-state index in [0.717, 1.165) is 0 Å². The average Bonchev–Trinajstić information content (AvgIpc) is 2.05. The lowest BCUT2D eigenvalue weighted by molar-refractivity contribution is 0.0897. The Balaban J connectivity index is 2.85. The topological polar surface area (TPSA) is 63.1 Å². The molecule has 4 heteroatoms. The van der Waals surface area contributed by atoms with Gasteiger partial charge in [0.15, 0.2) is 0 Å². The zero-order chi connectivity index (χ0) is 7.40. The van der Waals surface area contributed by atoms with E-state index in [1.165, 1.54) is 12.3 Å². The van der Waals surface area contributed by atoms with Gasteiger partial charge >= 0.3 is 0 Å². The van der Waals surface area contributed by atoms with Crippen molar-refractivity contribution in [3.05, 3.63) is 24.0 Å². The molecule has 0 unspecified atom stereocenters. The van der Waals surface area contributed by atoms with Crippen LogP contribution in [-0.4, -0.2) is 27.7 Å². The number of aliphatic hydroxyl groups is 1. The van der Waals surface area contributed by atoms with Crippen LogP contribution in [0.25, 0.3) is 0 Å². The van der Waals surface area contributed by atoms with Crippen molar-refractivity contribution in [2.75, 3.05) is 6.61 Å². The molecule has 4 nitrogen and oxygen atoms in total. The second-order valence-electron chi connectivity index (χ2n) is 1.69. The normalized spacial score (nSPS) is 9.30. The number of ketones is 1. The number of carbonyl (C=O) groups excluding carboxylic acids is 1. The smallest absolute Gasteiger partial charge is 0.208 e. The maximum atomic E-state index is 10.7. The summed E-state index contributed by atoms with van der Waals surface area (Å²) in [4.78, 5) is 10.7. The molecule has 52 valence electrons. The molecule has 0 aliphatic heterocycles. The van der Waals surface area contributed by atoms with Gasteiger partial charge in [0.05, 0.1) is 0 Å². The van der Waals surface area contributed by atoms with E-state index in [1.807, 2.05) is 0 Å². The average molecular weight is 138 g/mol. The van der Waals surface area contributed by atoms with Crippen molar-refractivity contribution < 1.29 is 9.90 Å². The first-order valence-corrected chi connectivity index (χ1v) is 2.76. The molecule has 1 aromatic rings. The zero-order valence-corrected chi connectivity index (χ0v) is 5.19. The lowest BCUT2D eigenvalue weighted by Crippen LogP contribution is -2.06. The van der Waals surface area contributed by atoms with Gasteiger partial charge in [-0.05, 0) is 12.1 Å². The molecule has 0 aromatic carbocycles. The predicted molar refractivity (Wildman–Crippen MR) is 33.4 cm³/mol. The summed E-state index contributed by atoms with van der Waals surface area (Å²) in [6.07, 6.45) is 1.47. The van der Waals surface area contributed by atoms with Crippen LogP contribution in [0.4, 0.5) is 0 Å². The summed E-state index contributed by atoms with van der Waals surface area (Å²) in [6.45, 7) is -0.515. The van der Waals surface area contributed by atoms with Crippen molar-refractivity contribution in [2.45, 2.75) is 0 Å². The van der Waals surface area contributed by atoms with Crippen LogP contribution in [0.5, 0.6) is 0 Å². The van der Waals surface area contributed by atoms with E-state index in [2.05, 4.69) is 10.2 Å². The van der Waals surface area contributed by atoms with E-state index in [-0.39, 0.29) is 5.69 Å². The molecular weight excluding hydrogens is 132 g/mol. The summed E-state index contributed by atoms with van der Waals surface area (Å²) < 4.78 is 0. The predicted octanol–water partition coefficient (Wildman–Crippen LogP) is -0.348. The third-order valence-corrected chi connectivity index (χ3v) is 1.00. The Bertz CT molecular complexity index is 222. The quantitative estimate of drug-likeness (QED) is 0.567. The van der Waals surface area contributed by atoms with Crippen molar-refractivity contribution in [3.63, 3.8) is 0 Å². The Morgan fingerprint density at radius 2 is 2.50 bits per heavy atom. The number of aromatic nitrogens is 2. The van der Waals surface area contributed by atoms with Crippen molar-refractivity contribution >= 4 is 5.78 Å². The molecule has 0 saturated carbocycles. The number of rotatable bonds is 2. The third kappa shape index (κ3) is 1.35. The molecule has 0 amide bonds. The molecule has 1 heterocycles. The van der Waals surface area contributed by atoms with Crippen molar-refractivity contribution in [2.24, 2.45) is 0 Å². The number of nitrogens with zero attached hydrogens (tertiary/aromatic N) is 2. The minimum absolute atomic E-state index is 0.199. The fourth-order valence-electron chi connectivity index (χ4n) is 0.531.